The first kappa shape index (κ1) is 16.6. The fourth-order valence-corrected chi connectivity index (χ4v) is 3.45. The van der Waals surface area contributed by atoms with Crippen molar-refractivity contribution >= 4 is 43.5 Å². The van der Waals surface area contributed by atoms with Crippen molar-refractivity contribution in [2.45, 2.75) is 11.8 Å². The molecule has 108 valence electrons. The second-order valence-corrected chi connectivity index (χ2v) is 6.72. The van der Waals surface area contributed by atoms with Gasteiger partial charge in [0.1, 0.15) is 4.90 Å². The summed E-state index contributed by atoms with van der Waals surface area (Å²) < 4.78 is 23.2. The van der Waals surface area contributed by atoms with Gasteiger partial charge in [0.05, 0.1) is 5.69 Å². The molecule has 2 aromatic rings. The van der Waals surface area contributed by atoms with Gasteiger partial charge in [-0.15, -0.1) is 12.4 Å². The summed E-state index contributed by atoms with van der Waals surface area (Å²) in [4.78, 5) is -0.0384. The topological polar surface area (TPSA) is 86.2 Å². The maximum Gasteiger partial charge on any atom is 0.263 e. The van der Waals surface area contributed by atoms with Crippen molar-refractivity contribution in [3.63, 3.8) is 0 Å². The van der Waals surface area contributed by atoms with Gasteiger partial charge in [-0.25, -0.2) is 8.42 Å². The number of hydrogen-bond acceptors (Lipinski definition) is 4. The van der Waals surface area contributed by atoms with Crippen LogP contribution in [0.25, 0.3) is 11.1 Å². The van der Waals surface area contributed by atoms with Crippen molar-refractivity contribution in [1.82, 2.24) is 0 Å². The van der Waals surface area contributed by atoms with Crippen LogP contribution in [0.15, 0.2) is 41.3 Å². The molecule has 0 atom stereocenters. The van der Waals surface area contributed by atoms with E-state index in [1.54, 1.807) is 25.1 Å². The van der Waals surface area contributed by atoms with E-state index in [9.17, 15) is 8.42 Å². The minimum atomic E-state index is -3.88. The van der Waals surface area contributed by atoms with Crippen molar-refractivity contribution in [3.05, 3.63) is 42.0 Å². The SMILES string of the molecule is Cc1c(-c2ccc(N)cc2)ccc(N)c1S(=O)(=O)Cl.Cl. The molecule has 0 saturated carbocycles. The summed E-state index contributed by atoms with van der Waals surface area (Å²) in [6.07, 6.45) is 0. The Morgan fingerprint density at radius 3 is 2.05 bits per heavy atom. The van der Waals surface area contributed by atoms with Crippen LogP contribution in [-0.4, -0.2) is 8.42 Å². The Morgan fingerprint density at radius 1 is 1.00 bits per heavy atom. The molecule has 0 aliphatic carbocycles. The molecule has 0 aliphatic heterocycles. The van der Waals surface area contributed by atoms with Crippen LogP contribution in [-0.2, 0) is 9.05 Å². The van der Waals surface area contributed by atoms with E-state index in [0.29, 0.717) is 11.3 Å². The Balaban J connectivity index is 0.00000200. The standard InChI is InChI=1S/C13H13ClN2O2S.ClH/c1-8-11(9-2-4-10(15)5-3-9)6-7-12(16)13(8)19(14,17)18;/h2-7H,15-16H2,1H3;1H. The first-order valence-corrected chi connectivity index (χ1v) is 7.81. The zero-order valence-electron chi connectivity index (χ0n) is 10.6. The first-order chi connectivity index (χ1) is 8.80. The zero-order valence-corrected chi connectivity index (χ0v) is 13.0. The largest absolute Gasteiger partial charge is 0.399 e. The molecule has 0 radical (unpaired) electrons. The number of benzene rings is 2. The molecule has 2 aromatic carbocycles. The molecule has 0 unspecified atom stereocenters. The molecule has 0 heterocycles. The number of nitrogen functional groups attached to an aromatic ring is 2. The molecule has 0 saturated heterocycles. The van der Waals surface area contributed by atoms with Crippen molar-refractivity contribution in [2.24, 2.45) is 0 Å². The molecule has 0 spiro atoms. The summed E-state index contributed by atoms with van der Waals surface area (Å²) in [7, 11) is 1.55. The van der Waals surface area contributed by atoms with E-state index in [4.69, 9.17) is 22.1 Å². The van der Waals surface area contributed by atoms with Gasteiger partial charge in [-0.05, 0) is 41.8 Å². The minimum absolute atomic E-state index is 0. The van der Waals surface area contributed by atoms with Crippen molar-refractivity contribution in [3.8, 4) is 11.1 Å². The lowest BCUT2D eigenvalue weighted by Crippen LogP contribution is -2.02. The van der Waals surface area contributed by atoms with E-state index >= 15 is 0 Å². The van der Waals surface area contributed by atoms with Gasteiger partial charge in [0.15, 0.2) is 0 Å². The van der Waals surface area contributed by atoms with E-state index < -0.39 is 9.05 Å². The number of rotatable bonds is 2. The maximum atomic E-state index is 11.6. The predicted octanol–water partition coefficient (Wildman–Crippen LogP) is 3.18. The van der Waals surface area contributed by atoms with Gasteiger partial charge in [-0.2, -0.15) is 0 Å². The van der Waals surface area contributed by atoms with Gasteiger partial charge in [0.25, 0.3) is 9.05 Å². The molecule has 4 nitrogen and oxygen atoms in total. The molecule has 0 bridgehead atoms. The Bertz CT molecular complexity index is 729. The maximum absolute atomic E-state index is 11.6. The lowest BCUT2D eigenvalue weighted by Gasteiger charge is -2.12. The summed E-state index contributed by atoms with van der Waals surface area (Å²) in [5.74, 6) is 0. The van der Waals surface area contributed by atoms with Crippen LogP contribution < -0.4 is 11.5 Å². The monoisotopic (exact) mass is 332 g/mol. The summed E-state index contributed by atoms with van der Waals surface area (Å²) >= 11 is 0. The molecule has 0 fully saturated rings. The Morgan fingerprint density at radius 2 is 1.55 bits per heavy atom. The van der Waals surface area contributed by atoms with Crippen LogP contribution in [0.5, 0.6) is 0 Å². The van der Waals surface area contributed by atoms with Crippen LogP contribution in [0.3, 0.4) is 0 Å². The molecule has 0 aromatic heterocycles. The van der Waals surface area contributed by atoms with Crippen molar-refractivity contribution in [2.75, 3.05) is 11.5 Å². The fourth-order valence-electron chi connectivity index (χ4n) is 2.01. The van der Waals surface area contributed by atoms with Crippen LogP contribution in [0.1, 0.15) is 5.56 Å². The smallest absolute Gasteiger partial charge is 0.263 e. The van der Waals surface area contributed by atoms with Gasteiger partial charge in [-0.3, -0.25) is 0 Å². The quantitative estimate of drug-likeness (QED) is 0.653. The molecule has 2 rings (SSSR count). The number of anilines is 2. The predicted molar refractivity (Wildman–Crippen MR) is 85.7 cm³/mol. The Labute approximate surface area is 128 Å². The van der Waals surface area contributed by atoms with E-state index in [1.807, 2.05) is 12.1 Å². The highest BCUT2D eigenvalue weighted by molar-refractivity contribution is 8.14. The Hall–Kier alpha value is -1.43. The van der Waals surface area contributed by atoms with E-state index in [-0.39, 0.29) is 23.0 Å². The van der Waals surface area contributed by atoms with Gasteiger partial charge in [-0.1, -0.05) is 18.2 Å². The van der Waals surface area contributed by atoms with E-state index in [2.05, 4.69) is 0 Å². The molecule has 20 heavy (non-hydrogen) atoms. The highest BCUT2D eigenvalue weighted by Gasteiger charge is 2.20. The molecule has 0 amide bonds. The van der Waals surface area contributed by atoms with Gasteiger partial charge in [0, 0.05) is 16.4 Å². The second-order valence-electron chi connectivity index (χ2n) is 4.22. The third-order valence-electron chi connectivity index (χ3n) is 2.90. The van der Waals surface area contributed by atoms with Gasteiger partial charge < -0.3 is 11.5 Å². The second kappa shape index (κ2) is 5.91. The molecule has 7 heteroatoms. The average Bonchev–Trinajstić information content (AvgIpc) is 2.29. The molecular formula is C13H14Cl2N2O2S. The zero-order chi connectivity index (χ0) is 14.2. The third-order valence-corrected chi connectivity index (χ3v) is 4.39. The highest BCUT2D eigenvalue weighted by atomic mass is 35.7. The average molecular weight is 333 g/mol. The molecular weight excluding hydrogens is 319 g/mol. The number of nitrogens with two attached hydrogens (primary N) is 2. The van der Waals surface area contributed by atoms with Gasteiger partial charge in [0.2, 0.25) is 0 Å². The summed E-state index contributed by atoms with van der Waals surface area (Å²) in [5, 5.41) is 0. The summed E-state index contributed by atoms with van der Waals surface area (Å²) in [5.41, 5.74) is 14.3. The van der Waals surface area contributed by atoms with Crippen molar-refractivity contribution < 1.29 is 8.42 Å². The van der Waals surface area contributed by atoms with Crippen LogP contribution in [0.4, 0.5) is 11.4 Å². The number of hydrogen-bond donors (Lipinski definition) is 2. The molecule has 0 aliphatic rings. The third kappa shape index (κ3) is 3.17. The molecule has 4 N–H and O–H groups in total. The van der Waals surface area contributed by atoms with E-state index in [1.165, 1.54) is 6.07 Å². The first-order valence-electron chi connectivity index (χ1n) is 5.50. The number of halogens is 2. The lowest BCUT2D eigenvalue weighted by molar-refractivity contribution is 0.609. The van der Waals surface area contributed by atoms with Crippen molar-refractivity contribution in [1.29, 1.82) is 0 Å². The Kier molecular flexibility index (Phi) is 4.91. The van der Waals surface area contributed by atoms with Gasteiger partial charge >= 0.3 is 0 Å². The van der Waals surface area contributed by atoms with Crippen LogP contribution >= 0.6 is 23.1 Å². The van der Waals surface area contributed by atoms with E-state index in [0.717, 1.165) is 11.1 Å². The van der Waals surface area contributed by atoms with Crippen LogP contribution in [0.2, 0.25) is 0 Å². The summed E-state index contributed by atoms with van der Waals surface area (Å²) in [6, 6.07) is 10.4. The lowest BCUT2D eigenvalue weighted by atomic mass is 10.00. The minimum Gasteiger partial charge on any atom is -0.399 e. The highest BCUT2D eigenvalue weighted by Crippen LogP contribution is 2.34. The summed E-state index contributed by atoms with van der Waals surface area (Å²) in [6.45, 7) is 1.68. The van der Waals surface area contributed by atoms with Crippen LogP contribution in [0, 0.1) is 6.92 Å². The fraction of sp³-hybridized carbons (Fsp3) is 0.0769. The normalized spacial score (nSPS) is 10.9.